The van der Waals surface area contributed by atoms with E-state index < -0.39 is 0 Å². The maximum absolute atomic E-state index is 5.89. The minimum absolute atomic E-state index is 0.272. The Morgan fingerprint density at radius 1 is 0.824 bits per heavy atom. The third-order valence-electron chi connectivity index (χ3n) is 2.71. The van der Waals surface area contributed by atoms with Crippen molar-refractivity contribution in [2.45, 2.75) is 25.8 Å². The van der Waals surface area contributed by atoms with Crippen LogP contribution in [0.5, 0.6) is 0 Å². The minimum atomic E-state index is 0.272. The van der Waals surface area contributed by atoms with E-state index in [9.17, 15) is 0 Å². The zero-order valence-corrected chi connectivity index (χ0v) is 12.4. The van der Waals surface area contributed by atoms with Crippen molar-refractivity contribution in [1.29, 1.82) is 0 Å². The van der Waals surface area contributed by atoms with Crippen LogP contribution in [0.3, 0.4) is 0 Å². The van der Waals surface area contributed by atoms with E-state index in [1.54, 1.807) is 0 Å². The molecular formula is C13H32N4. The molecule has 0 heterocycles. The van der Waals surface area contributed by atoms with Crippen molar-refractivity contribution in [3.05, 3.63) is 0 Å². The van der Waals surface area contributed by atoms with Gasteiger partial charge in [0.25, 0.3) is 0 Å². The molecule has 0 aliphatic rings. The van der Waals surface area contributed by atoms with Gasteiger partial charge < -0.3 is 20.4 Å². The predicted molar refractivity (Wildman–Crippen MR) is 76.4 cm³/mol. The van der Waals surface area contributed by atoms with Crippen molar-refractivity contribution in [3.63, 3.8) is 0 Å². The highest BCUT2D eigenvalue weighted by molar-refractivity contribution is 4.65. The molecule has 0 radical (unpaired) electrons. The summed E-state index contributed by atoms with van der Waals surface area (Å²) in [5, 5.41) is 0. The Hall–Kier alpha value is -0.160. The van der Waals surface area contributed by atoms with Crippen LogP contribution in [0.1, 0.15) is 19.8 Å². The summed E-state index contributed by atoms with van der Waals surface area (Å²) in [7, 11) is 8.51. The van der Waals surface area contributed by atoms with Crippen LogP contribution in [0.2, 0.25) is 0 Å². The van der Waals surface area contributed by atoms with Gasteiger partial charge >= 0.3 is 0 Å². The maximum Gasteiger partial charge on any atom is 0.0139 e. The predicted octanol–water partition coefficient (Wildman–Crippen LogP) is 0.539. The van der Waals surface area contributed by atoms with Gasteiger partial charge in [-0.3, -0.25) is 0 Å². The summed E-state index contributed by atoms with van der Waals surface area (Å²) in [6.07, 6.45) is 2.45. The molecule has 4 nitrogen and oxygen atoms in total. The maximum atomic E-state index is 5.89. The van der Waals surface area contributed by atoms with Crippen LogP contribution in [0.4, 0.5) is 0 Å². The first-order chi connectivity index (χ1) is 7.91. The molecule has 0 aromatic heterocycles. The van der Waals surface area contributed by atoms with Crippen molar-refractivity contribution in [2.75, 3.05) is 60.9 Å². The van der Waals surface area contributed by atoms with Gasteiger partial charge in [-0.15, -0.1) is 0 Å². The third-order valence-corrected chi connectivity index (χ3v) is 2.71. The fraction of sp³-hybridized carbons (Fsp3) is 1.00. The van der Waals surface area contributed by atoms with Gasteiger partial charge in [0.15, 0.2) is 0 Å². The smallest absolute Gasteiger partial charge is 0.0139 e. The van der Waals surface area contributed by atoms with E-state index in [1.807, 2.05) is 0 Å². The van der Waals surface area contributed by atoms with Gasteiger partial charge in [0.05, 0.1) is 0 Å². The summed E-state index contributed by atoms with van der Waals surface area (Å²) in [5.41, 5.74) is 5.89. The van der Waals surface area contributed by atoms with Crippen molar-refractivity contribution in [3.8, 4) is 0 Å². The van der Waals surface area contributed by atoms with E-state index in [2.05, 4.69) is 49.8 Å². The van der Waals surface area contributed by atoms with E-state index in [4.69, 9.17) is 5.73 Å². The highest BCUT2D eigenvalue weighted by atomic mass is 15.1. The Bertz CT molecular complexity index is 155. The number of rotatable bonds is 10. The second-order valence-electron chi connectivity index (χ2n) is 5.59. The molecule has 0 amide bonds. The molecule has 0 fully saturated rings. The zero-order chi connectivity index (χ0) is 13.3. The second kappa shape index (κ2) is 9.83. The molecule has 0 saturated carbocycles. The molecule has 4 heteroatoms. The first kappa shape index (κ1) is 16.8. The molecule has 1 unspecified atom stereocenters. The van der Waals surface area contributed by atoms with Gasteiger partial charge in [-0.1, -0.05) is 0 Å². The largest absolute Gasteiger partial charge is 0.327 e. The third kappa shape index (κ3) is 12.1. The fourth-order valence-electron chi connectivity index (χ4n) is 1.92. The highest BCUT2D eigenvalue weighted by Crippen LogP contribution is 1.97. The summed E-state index contributed by atoms with van der Waals surface area (Å²) < 4.78 is 0. The summed E-state index contributed by atoms with van der Waals surface area (Å²) in [5.74, 6) is 0. The lowest BCUT2D eigenvalue weighted by molar-refractivity contribution is 0.232. The van der Waals surface area contributed by atoms with E-state index in [0.29, 0.717) is 0 Å². The monoisotopic (exact) mass is 244 g/mol. The molecule has 0 spiro atoms. The van der Waals surface area contributed by atoms with Crippen LogP contribution in [-0.2, 0) is 0 Å². The Morgan fingerprint density at radius 3 is 1.53 bits per heavy atom. The molecule has 0 aromatic carbocycles. The highest BCUT2D eigenvalue weighted by Gasteiger charge is 2.07. The lowest BCUT2D eigenvalue weighted by Gasteiger charge is -2.25. The van der Waals surface area contributed by atoms with Crippen LogP contribution in [-0.4, -0.2) is 81.7 Å². The number of nitrogens with two attached hydrogens (primary N) is 1. The molecule has 104 valence electrons. The molecule has 1 atom stereocenters. The summed E-state index contributed by atoms with van der Waals surface area (Å²) in [6.45, 7) is 7.73. The molecule has 17 heavy (non-hydrogen) atoms. The van der Waals surface area contributed by atoms with E-state index in [0.717, 1.165) is 32.7 Å². The van der Waals surface area contributed by atoms with E-state index >= 15 is 0 Å². The molecule has 0 aromatic rings. The lowest BCUT2D eigenvalue weighted by Crippen LogP contribution is -2.38. The van der Waals surface area contributed by atoms with Crippen LogP contribution in [0.15, 0.2) is 0 Å². The van der Waals surface area contributed by atoms with E-state index in [1.165, 1.54) is 12.8 Å². The van der Waals surface area contributed by atoms with Gasteiger partial charge in [0, 0.05) is 12.6 Å². The number of nitrogens with zero attached hydrogens (tertiary/aromatic N) is 3. The quantitative estimate of drug-likeness (QED) is 0.608. The van der Waals surface area contributed by atoms with Crippen LogP contribution in [0.25, 0.3) is 0 Å². The molecule has 0 saturated heterocycles. The number of hydrogen-bond donors (Lipinski definition) is 1. The second-order valence-corrected chi connectivity index (χ2v) is 5.59. The lowest BCUT2D eigenvalue weighted by atomic mass is 10.2. The van der Waals surface area contributed by atoms with Gasteiger partial charge in [-0.25, -0.2) is 0 Å². The summed E-state index contributed by atoms with van der Waals surface area (Å²) in [6, 6.07) is 0.272. The SMILES string of the molecule is CC(N)CN(CCCN(C)C)CCCN(C)C. The molecule has 2 N–H and O–H groups in total. The van der Waals surface area contributed by atoms with E-state index in [-0.39, 0.29) is 6.04 Å². The van der Waals surface area contributed by atoms with Crippen LogP contribution in [0, 0.1) is 0 Å². The molecule has 0 bridgehead atoms. The first-order valence-corrected chi connectivity index (χ1v) is 6.69. The fourth-order valence-corrected chi connectivity index (χ4v) is 1.92. The Kier molecular flexibility index (Phi) is 9.74. The Balaban J connectivity index is 3.79. The average Bonchev–Trinajstić information content (AvgIpc) is 2.15. The van der Waals surface area contributed by atoms with Crippen LogP contribution < -0.4 is 5.73 Å². The molecule has 0 aliphatic carbocycles. The van der Waals surface area contributed by atoms with Gasteiger partial charge in [-0.05, 0) is 74.1 Å². The van der Waals surface area contributed by atoms with Crippen molar-refractivity contribution in [1.82, 2.24) is 14.7 Å². The van der Waals surface area contributed by atoms with Gasteiger partial charge in [0.2, 0.25) is 0 Å². The number of hydrogen-bond acceptors (Lipinski definition) is 4. The Morgan fingerprint density at radius 2 is 1.24 bits per heavy atom. The van der Waals surface area contributed by atoms with Gasteiger partial charge in [-0.2, -0.15) is 0 Å². The van der Waals surface area contributed by atoms with Crippen LogP contribution >= 0.6 is 0 Å². The minimum Gasteiger partial charge on any atom is -0.327 e. The molecule has 0 rings (SSSR count). The topological polar surface area (TPSA) is 35.7 Å². The summed E-state index contributed by atoms with van der Waals surface area (Å²) in [4.78, 5) is 6.98. The van der Waals surface area contributed by atoms with Crippen molar-refractivity contribution < 1.29 is 0 Å². The van der Waals surface area contributed by atoms with Crippen molar-refractivity contribution in [2.24, 2.45) is 5.73 Å². The Labute approximate surface area is 108 Å². The molecular weight excluding hydrogens is 212 g/mol. The average molecular weight is 244 g/mol. The molecule has 0 aliphatic heterocycles. The standard InChI is InChI=1S/C13H32N4/c1-13(14)12-17(10-6-8-15(2)3)11-7-9-16(4)5/h13H,6-12,14H2,1-5H3. The van der Waals surface area contributed by atoms with Crippen molar-refractivity contribution >= 4 is 0 Å². The summed E-state index contributed by atoms with van der Waals surface area (Å²) >= 11 is 0. The first-order valence-electron chi connectivity index (χ1n) is 6.69. The van der Waals surface area contributed by atoms with Gasteiger partial charge in [0.1, 0.15) is 0 Å². The zero-order valence-electron chi connectivity index (χ0n) is 12.4. The normalized spacial score (nSPS) is 13.9.